The molecular formula is C64H44. The van der Waals surface area contributed by atoms with Crippen molar-refractivity contribution in [2.24, 2.45) is 0 Å². The van der Waals surface area contributed by atoms with Gasteiger partial charge in [0, 0.05) is 0 Å². The van der Waals surface area contributed by atoms with Crippen LogP contribution in [0.25, 0.3) is 131 Å². The molecule has 0 amide bonds. The molecule has 0 aliphatic heterocycles. The van der Waals surface area contributed by atoms with E-state index in [2.05, 4.69) is 200 Å². The molecule has 13 aromatic rings. The first-order valence-electron chi connectivity index (χ1n) is 23.3. The Morgan fingerprint density at radius 2 is 0.875 bits per heavy atom. The van der Waals surface area contributed by atoms with Crippen molar-refractivity contribution in [3.63, 3.8) is 0 Å². The monoisotopic (exact) mass is 812 g/mol. The average molecular weight is 813 g/mol. The highest BCUT2D eigenvalue weighted by molar-refractivity contribution is 6.46. The van der Waals surface area contributed by atoms with E-state index in [0.29, 0.717) is 5.92 Å². The van der Waals surface area contributed by atoms with Gasteiger partial charge in [-0.15, -0.1) is 0 Å². The van der Waals surface area contributed by atoms with Gasteiger partial charge >= 0.3 is 0 Å². The van der Waals surface area contributed by atoms with Crippen LogP contribution in [0, 0.1) is 0 Å². The van der Waals surface area contributed by atoms with Crippen LogP contribution in [0.2, 0.25) is 0 Å². The van der Waals surface area contributed by atoms with E-state index in [1.165, 1.54) is 168 Å². The molecule has 1 aliphatic rings. The van der Waals surface area contributed by atoms with Crippen LogP contribution in [-0.4, -0.2) is 0 Å². The van der Waals surface area contributed by atoms with Crippen molar-refractivity contribution in [1.29, 1.82) is 0 Å². The second-order valence-corrected chi connectivity index (χ2v) is 18.4. The standard InChI is InChI=1S/C64H44/c1-5-18-39(19-6-1)43-32-33-48-53(36-43)49-30-17-31-51-59(49)54(48)38-56-57(41-22-9-3-10-23-41)63-52-35-34-50(47-29-16-15-27-45(47)40-20-7-2-8-21-40)60-46-28-14-13-26-44(46)37-55(62(52)60)64(63)58(61(51)56)42-24-11-4-12-25-42/h2-4,7-17,20-39H,1,5-6,18-19H2. The zero-order chi connectivity index (χ0) is 41.9. The fourth-order valence-electron chi connectivity index (χ4n) is 12.4. The fraction of sp³-hybridized carbons (Fsp3) is 0.0938. The lowest BCUT2D eigenvalue weighted by molar-refractivity contribution is 0.444. The highest BCUT2D eigenvalue weighted by Gasteiger charge is 2.28. The van der Waals surface area contributed by atoms with Crippen molar-refractivity contribution >= 4 is 86.2 Å². The first-order valence-corrected chi connectivity index (χ1v) is 23.3. The molecule has 0 N–H and O–H groups in total. The Balaban J connectivity index is 1.21. The van der Waals surface area contributed by atoms with Gasteiger partial charge in [0.2, 0.25) is 0 Å². The number of hydrogen-bond acceptors (Lipinski definition) is 0. The Labute approximate surface area is 372 Å². The molecule has 0 radical (unpaired) electrons. The third-order valence-corrected chi connectivity index (χ3v) is 15.1. The summed E-state index contributed by atoms with van der Waals surface area (Å²) in [4.78, 5) is 0. The van der Waals surface area contributed by atoms with E-state index in [9.17, 15) is 0 Å². The summed E-state index contributed by atoms with van der Waals surface area (Å²) in [7, 11) is 0. The summed E-state index contributed by atoms with van der Waals surface area (Å²) in [6.45, 7) is 0. The van der Waals surface area contributed by atoms with E-state index in [-0.39, 0.29) is 0 Å². The van der Waals surface area contributed by atoms with Gasteiger partial charge in [-0.25, -0.2) is 0 Å². The summed E-state index contributed by atoms with van der Waals surface area (Å²) in [5, 5.41) is 21.4. The van der Waals surface area contributed by atoms with Gasteiger partial charge in [0.25, 0.3) is 0 Å². The molecule has 1 saturated carbocycles. The average Bonchev–Trinajstić information content (AvgIpc) is 3.87. The highest BCUT2D eigenvalue weighted by atomic mass is 14.3. The predicted octanol–water partition coefficient (Wildman–Crippen LogP) is 18.5. The molecule has 1 fully saturated rings. The first kappa shape index (κ1) is 36.0. The van der Waals surface area contributed by atoms with Gasteiger partial charge in [-0.2, -0.15) is 0 Å². The highest BCUT2D eigenvalue weighted by Crippen LogP contribution is 2.56. The smallest absolute Gasteiger partial charge is 0.000697 e. The third kappa shape index (κ3) is 5.11. The van der Waals surface area contributed by atoms with Crippen LogP contribution in [0.4, 0.5) is 0 Å². The summed E-state index contributed by atoms with van der Waals surface area (Å²) < 4.78 is 0. The normalized spacial score (nSPS) is 13.9. The van der Waals surface area contributed by atoms with Crippen molar-refractivity contribution in [2.75, 3.05) is 0 Å². The Morgan fingerprint density at radius 3 is 1.66 bits per heavy atom. The van der Waals surface area contributed by atoms with Crippen molar-refractivity contribution in [2.45, 2.75) is 38.0 Å². The lowest BCUT2D eigenvalue weighted by Crippen LogP contribution is -2.03. The molecule has 0 atom stereocenters. The summed E-state index contributed by atoms with van der Waals surface area (Å²) >= 11 is 0. The van der Waals surface area contributed by atoms with Gasteiger partial charge in [-0.1, -0.05) is 207 Å². The molecule has 300 valence electrons. The fourth-order valence-corrected chi connectivity index (χ4v) is 12.4. The summed E-state index contributed by atoms with van der Waals surface area (Å²) in [6, 6.07) is 76.1. The maximum Gasteiger partial charge on any atom is -0.000697 e. The topological polar surface area (TPSA) is 0 Å². The van der Waals surface area contributed by atoms with Crippen LogP contribution in [0.15, 0.2) is 200 Å². The van der Waals surface area contributed by atoms with Gasteiger partial charge in [0.1, 0.15) is 0 Å². The molecule has 0 bridgehead atoms. The van der Waals surface area contributed by atoms with Crippen LogP contribution in [-0.2, 0) is 0 Å². The van der Waals surface area contributed by atoms with E-state index in [1.807, 2.05) is 0 Å². The third-order valence-electron chi connectivity index (χ3n) is 15.1. The molecule has 0 unspecified atom stereocenters. The molecular weight excluding hydrogens is 769 g/mol. The molecule has 0 aromatic heterocycles. The maximum atomic E-state index is 2.59. The van der Waals surface area contributed by atoms with Crippen LogP contribution >= 0.6 is 0 Å². The predicted molar refractivity (Wildman–Crippen MR) is 276 cm³/mol. The molecule has 0 heterocycles. The molecule has 0 saturated heterocycles. The van der Waals surface area contributed by atoms with Gasteiger partial charge in [-0.3, -0.25) is 0 Å². The first-order chi connectivity index (χ1) is 31.8. The van der Waals surface area contributed by atoms with Crippen LogP contribution in [0.5, 0.6) is 0 Å². The van der Waals surface area contributed by atoms with E-state index in [0.717, 1.165) is 0 Å². The Morgan fingerprint density at radius 1 is 0.266 bits per heavy atom. The van der Waals surface area contributed by atoms with Crippen molar-refractivity contribution in [1.82, 2.24) is 0 Å². The molecule has 13 aromatic carbocycles. The maximum absolute atomic E-state index is 2.59. The summed E-state index contributed by atoms with van der Waals surface area (Å²) in [5.41, 5.74) is 11.7. The second kappa shape index (κ2) is 14.0. The number of fused-ring (bicyclic) bond motifs is 10. The van der Waals surface area contributed by atoms with E-state index >= 15 is 0 Å². The summed E-state index contributed by atoms with van der Waals surface area (Å²) in [6.07, 6.45) is 6.66. The lowest BCUT2D eigenvalue weighted by Gasteiger charge is -2.22. The minimum Gasteiger partial charge on any atom is -0.0622 e. The Hall–Kier alpha value is -7.54. The van der Waals surface area contributed by atoms with Gasteiger partial charge in [0.05, 0.1) is 0 Å². The van der Waals surface area contributed by atoms with E-state index in [1.54, 1.807) is 0 Å². The Bertz CT molecular complexity index is 3950. The quantitative estimate of drug-likeness (QED) is 0.152. The molecule has 14 rings (SSSR count). The van der Waals surface area contributed by atoms with E-state index in [4.69, 9.17) is 0 Å². The second-order valence-electron chi connectivity index (χ2n) is 18.4. The SMILES string of the molecule is c1ccc(-c2ccccc2-c2ccc3c4c(-c5ccccc5)c5cc6c7ccc(C8CCCCC8)cc7c7cccc(c5c(-c5ccccc5)c4c4cc5ccccc5c2c34)c76)cc1. The van der Waals surface area contributed by atoms with Crippen LogP contribution in [0.3, 0.4) is 0 Å². The number of rotatable bonds is 5. The van der Waals surface area contributed by atoms with Crippen molar-refractivity contribution in [3.05, 3.63) is 206 Å². The van der Waals surface area contributed by atoms with E-state index < -0.39 is 0 Å². The molecule has 1 aliphatic carbocycles. The molecule has 0 heteroatoms. The number of hydrogen-bond donors (Lipinski definition) is 0. The van der Waals surface area contributed by atoms with Crippen molar-refractivity contribution < 1.29 is 0 Å². The summed E-state index contributed by atoms with van der Waals surface area (Å²) in [5.74, 6) is 0.657. The molecule has 64 heavy (non-hydrogen) atoms. The van der Waals surface area contributed by atoms with Crippen molar-refractivity contribution in [3.8, 4) is 44.5 Å². The molecule has 0 nitrogen and oxygen atoms in total. The van der Waals surface area contributed by atoms with Gasteiger partial charge in [0.15, 0.2) is 0 Å². The van der Waals surface area contributed by atoms with Gasteiger partial charge in [-0.05, 0) is 167 Å². The zero-order valence-corrected chi connectivity index (χ0v) is 35.7. The minimum atomic E-state index is 0.657. The Kier molecular flexibility index (Phi) is 7.86. The molecule has 0 spiro atoms. The zero-order valence-electron chi connectivity index (χ0n) is 35.7. The van der Waals surface area contributed by atoms with Crippen LogP contribution < -0.4 is 0 Å². The number of benzene rings is 11. The van der Waals surface area contributed by atoms with Gasteiger partial charge < -0.3 is 0 Å². The van der Waals surface area contributed by atoms with Crippen LogP contribution in [0.1, 0.15) is 43.6 Å². The lowest BCUT2D eigenvalue weighted by atomic mass is 9.83. The largest absolute Gasteiger partial charge is 0.0622 e. The minimum absolute atomic E-state index is 0.657.